The van der Waals surface area contributed by atoms with Gasteiger partial charge in [0.15, 0.2) is 11.5 Å². The number of aromatic nitrogens is 6. The van der Waals surface area contributed by atoms with E-state index in [1.165, 1.54) is 12.1 Å². The predicted octanol–water partition coefficient (Wildman–Crippen LogP) is 6.16. The number of para-hydroxylation sites is 1. The Kier molecular flexibility index (Phi) is 7.07. The zero-order valence-corrected chi connectivity index (χ0v) is 23.5. The van der Waals surface area contributed by atoms with E-state index in [-0.39, 0.29) is 5.82 Å². The van der Waals surface area contributed by atoms with E-state index < -0.39 is 0 Å². The summed E-state index contributed by atoms with van der Waals surface area (Å²) in [4.78, 5) is 19.4. The van der Waals surface area contributed by atoms with Crippen LogP contribution >= 0.6 is 0 Å². The first-order valence-electron chi connectivity index (χ1n) is 13.6. The van der Waals surface area contributed by atoms with Gasteiger partial charge in [0.25, 0.3) is 0 Å². The number of pyridine rings is 2. The number of H-pyrrole nitrogens is 2. The maximum atomic E-state index is 14.7. The second-order valence-corrected chi connectivity index (χ2v) is 10.7. The van der Waals surface area contributed by atoms with E-state index in [0.29, 0.717) is 29.8 Å². The summed E-state index contributed by atoms with van der Waals surface area (Å²) in [5, 5.41) is 15.1. The summed E-state index contributed by atoms with van der Waals surface area (Å²) in [6.07, 6.45) is 5.45. The highest BCUT2D eigenvalue weighted by atomic mass is 19.1. The van der Waals surface area contributed by atoms with Crippen molar-refractivity contribution in [2.45, 2.75) is 19.9 Å². The summed E-state index contributed by atoms with van der Waals surface area (Å²) >= 11 is 0. The van der Waals surface area contributed by atoms with E-state index in [9.17, 15) is 4.39 Å². The van der Waals surface area contributed by atoms with Crippen molar-refractivity contribution in [3.8, 4) is 33.8 Å². The Morgan fingerprint density at radius 2 is 1.78 bits per heavy atom. The van der Waals surface area contributed by atoms with Gasteiger partial charge in [0.05, 0.1) is 22.1 Å². The zero-order chi connectivity index (χ0) is 28.5. The van der Waals surface area contributed by atoms with Gasteiger partial charge in [0.2, 0.25) is 0 Å². The lowest BCUT2D eigenvalue weighted by atomic mass is 10.0. The van der Waals surface area contributed by atoms with Crippen LogP contribution in [0, 0.1) is 5.82 Å². The van der Waals surface area contributed by atoms with Crippen LogP contribution in [0.2, 0.25) is 0 Å². The molecule has 0 spiro atoms. The largest absolute Gasteiger partial charge is 0.384 e. The number of halogens is 1. The number of benzene rings is 2. The molecule has 6 rings (SSSR count). The van der Waals surface area contributed by atoms with Crippen LogP contribution in [0.25, 0.3) is 55.8 Å². The summed E-state index contributed by atoms with van der Waals surface area (Å²) in [5.74, 6) is 0.299. The van der Waals surface area contributed by atoms with E-state index in [1.54, 1.807) is 0 Å². The lowest BCUT2D eigenvalue weighted by molar-refractivity contribution is 0.425. The molecule has 0 bridgehead atoms. The molecule has 208 valence electrons. The molecule has 0 amide bonds. The fourth-order valence-corrected chi connectivity index (χ4v) is 4.90. The quantitative estimate of drug-likeness (QED) is 0.171. The summed E-state index contributed by atoms with van der Waals surface area (Å²) in [7, 11) is 4.02. The molecule has 4 heterocycles. The molecule has 10 heteroatoms. The van der Waals surface area contributed by atoms with Gasteiger partial charge in [0, 0.05) is 60.1 Å². The van der Waals surface area contributed by atoms with E-state index >= 15 is 0 Å². The minimum absolute atomic E-state index is 0.296. The second kappa shape index (κ2) is 11.0. The number of hydrogen-bond donors (Lipinski definition) is 4. The summed E-state index contributed by atoms with van der Waals surface area (Å²) in [6, 6.07) is 15.3. The van der Waals surface area contributed by atoms with Crippen molar-refractivity contribution in [3.05, 3.63) is 72.9 Å². The zero-order valence-electron chi connectivity index (χ0n) is 23.5. The molecular weight excluding hydrogens is 517 g/mol. The van der Waals surface area contributed by atoms with Gasteiger partial charge in [-0.2, -0.15) is 5.10 Å². The van der Waals surface area contributed by atoms with Crippen molar-refractivity contribution >= 4 is 33.4 Å². The molecule has 41 heavy (non-hydrogen) atoms. The van der Waals surface area contributed by atoms with Crippen molar-refractivity contribution < 1.29 is 4.39 Å². The Morgan fingerprint density at radius 3 is 2.61 bits per heavy atom. The topological polar surface area (TPSA) is 110 Å². The molecule has 0 aliphatic rings. The summed E-state index contributed by atoms with van der Waals surface area (Å²) in [5.41, 5.74) is 8.02. The summed E-state index contributed by atoms with van der Waals surface area (Å²) < 4.78 is 14.7. The SMILES string of the molecule is CC(C)Nc1cncc(-c2cnc3[nH]nc(-c4nc5c(-c6cc(F)cc(NCCN(C)C)c6)cccc5[nH]4)c3c2)c1. The Labute approximate surface area is 237 Å². The van der Waals surface area contributed by atoms with Crippen LogP contribution < -0.4 is 10.6 Å². The number of imidazole rings is 1. The molecule has 0 aliphatic heterocycles. The summed E-state index contributed by atoms with van der Waals surface area (Å²) in [6.45, 7) is 5.74. The maximum absolute atomic E-state index is 14.7. The highest BCUT2D eigenvalue weighted by molar-refractivity contribution is 5.97. The van der Waals surface area contributed by atoms with Gasteiger partial charge in [-0.25, -0.2) is 14.4 Å². The van der Waals surface area contributed by atoms with Crippen LogP contribution in [0.3, 0.4) is 0 Å². The number of anilines is 2. The number of hydrogen-bond acceptors (Lipinski definition) is 7. The molecule has 2 aromatic carbocycles. The smallest absolute Gasteiger partial charge is 0.159 e. The Morgan fingerprint density at radius 1 is 0.951 bits per heavy atom. The van der Waals surface area contributed by atoms with Gasteiger partial charge in [-0.1, -0.05) is 12.1 Å². The number of likely N-dealkylation sites (N-methyl/N-ethyl adjacent to an activating group) is 1. The fraction of sp³-hybridized carbons (Fsp3) is 0.226. The van der Waals surface area contributed by atoms with Crippen molar-refractivity contribution in [2.24, 2.45) is 0 Å². The van der Waals surface area contributed by atoms with E-state index in [2.05, 4.69) is 60.6 Å². The first-order chi connectivity index (χ1) is 19.8. The number of nitrogens with one attached hydrogen (secondary N) is 4. The fourth-order valence-electron chi connectivity index (χ4n) is 4.90. The molecule has 4 N–H and O–H groups in total. The van der Waals surface area contributed by atoms with Crippen molar-refractivity contribution in [3.63, 3.8) is 0 Å². The first-order valence-corrected chi connectivity index (χ1v) is 13.6. The molecule has 9 nitrogen and oxygen atoms in total. The molecular formula is C31H32FN9. The molecule has 0 atom stereocenters. The second-order valence-electron chi connectivity index (χ2n) is 10.7. The van der Waals surface area contributed by atoms with Crippen molar-refractivity contribution in [1.29, 1.82) is 0 Å². The van der Waals surface area contributed by atoms with Gasteiger partial charge in [-0.15, -0.1) is 0 Å². The van der Waals surface area contributed by atoms with Gasteiger partial charge in [-0.3, -0.25) is 10.1 Å². The number of fused-ring (bicyclic) bond motifs is 2. The van der Waals surface area contributed by atoms with Crippen LogP contribution in [0.4, 0.5) is 15.8 Å². The molecule has 0 saturated carbocycles. The van der Waals surface area contributed by atoms with Crippen LogP contribution in [-0.4, -0.2) is 68.3 Å². The van der Waals surface area contributed by atoms with Crippen LogP contribution in [0.5, 0.6) is 0 Å². The Hall–Kier alpha value is -4.83. The molecule has 6 aromatic rings. The average molecular weight is 550 g/mol. The van der Waals surface area contributed by atoms with Gasteiger partial charge < -0.3 is 20.5 Å². The van der Waals surface area contributed by atoms with Crippen LogP contribution in [0.15, 0.2) is 67.1 Å². The molecule has 0 radical (unpaired) electrons. The monoisotopic (exact) mass is 549 g/mol. The lowest BCUT2D eigenvalue weighted by Crippen LogP contribution is -2.20. The molecule has 0 fully saturated rings. The molecule has 0 aliphatic carbocycles. The normalized spacial score (nSPS) is 11.7. The van der Waals surface area contributed by atoms with Crippen LogP contribution in [-0.2, 0) is 0 Å². The number of rotatable bonds is 9. The van der Waals surface area contributed by atoms with Crippen LogP contribution in [0.1, 0.15) is 13.8 Å². The van der Waals surface area contributed by atoms with Gasteiger partial charge >= 0.3 is 0 Å². The van der Waals surface area contributed by atoms with E-state index in [4.69, 9.17) is 4.98 Å². The first kappa shape index (κ1) is 26.4. The highest BCUT2D eigenvalue weighted by Crippen LogP contribution is 2.34. The van der Waals surface area contributed by atoms with Crippen molar-refractivity contribution in [2.75, 3.05) is 37.8 Å². The van der Waals surface area contributed by atoms with E-state index in [0.717, 1.165) is 56.6 Å². The highest BCUT2D eigenvalue weighted by Gasteiger charge is 2.17. The molecule has 0 saturated heterocycles. The maximum Gasteiger partial charge on any atom is 0.159 e. The molecule has 4 aromatic heterocycles. The van der Waals surface area contributed by atoms with Gasteiger partial charge in [0.1, 0.15) is 11.5 Å². The minimum atomic E-state index is -0.304. The standard InChI is InChI=1S/C31H32FN9/c1-18(2)36-24-12-20(15-33-17-24)21-13-26-29(39-40-30(26)35-16-21)31-37-27-7-5-6-25(28(27)38-31)19-10-22(32)14-23(11-19)34-8-9-41(3)4/h5-7,10-18,34,36H,8-9H2,1-4H3,(H,37,38)(H,35,39,40). The lowest BCUT2D eigenvalue weighted by Gasteiger charge is -2.13. The minimum Gasteiger partial charge on any atom is -0.384 e. The third-order valence-corrected chi connectivity index (χ3v) is 6.78. The number of aromatic amines is 2. The number of nitrogens with zero attached hydrogens (tertiary/aromatic N) is 5. The molecule has 0 unspecified atom stereocenters. The average Bonchev–Trinajstić information content (AvgIpc) is 3.56. The van der Waals surface area contributed by atoms with Gasteiger partial charge in [-0.05, 0) is 69.9 Å². The third kappa shape index (κ3) is 5.59. The Bertz CT molecular complexity index is 1840. The third-order valence-electron chi connectivity index (χ3n) is 6.78. The van der Waals surface area contributed by atoms with E-state index in [1.807, 2.05) is 63.0 Å². The van der Waals surface area contributed by atoms with Crippen molar-refractivity contribution in [1.82, 2.24) is 35.0 Å². The Balaban J connectivity index is 1.37. The predicted molar refractivity (Wildman–Crippen MR) is 163 cm³/mol.